The maximum atomic E-state index is 11.4. The van der Waals surface area contributed by atoms with Crippen molar-refractivity contribution in [3.8, 4) is 5.75 Å². The molecule has 26 heavy (non-hydrogen) atoms. The molecule has 0 unspecified atom stereocenters. The lowest BCUT2D eigenvalue weighted by Crippen LogP contribution is -2.30. The van der Waals surface area contributed by atoms with Crippen LogP contribution in [0.15, 0.2) is 41.3 Å². The molecule has 1 aromatic carbocycles. The lowest BCUT2D eigenvalue weighted by molar-refractivity contribution is 0.220. The van der Waals surface area contributed by atoms with E-state index in [-0.39, 0.29) is 5.56 Å². The van der Waals surface area contributed by atoms with Crippen LogP contribution >= 0.6 is 0 Å². The summed E-state index contributed by atoms with van der Waals surface area (Å²) in [5.74, 6) is 6.88. The van der Waals surface area contributed by atoms with Gasteiger partial charge in [-0.15, -0.1) is 0 Å². The highest BCUT2D eigenvalue weighted by molar-refractivity contribution is 5.28. The fourth-order valence-corrected chi connectivity index (χ4v) is 3.12. The molecule has 2 heterocycles. The molecule has 1 aliphatic rings. The van der Waals surface area contributed by atoms with Gasteiger partial charge in [0.2, 0.25) is 5.95 Å². The van der Waals surface area contributed by atoms with Crippen LogP contribution in [0.1, 0.15) is 31.2 Å². The molecular formula is C19H27N5O2. The molecule has 1 saturated heterocycles. The molecule has 7 nitrogen and oxygen atoms in total. The van der Waals surface area contributed by atoms with E-state index in [0.717, 1.165) is 23.4 Å². The van der Waals surface area contributed by atoms with Gasteiger partial charge < -0.3 is 15.9 Å². The highest BCUT2D eigenvalue weighted by Crippen LogP contribution is 2.17. The molecular weight excluding hydrogens is 330 g/mol. The van der Waals surface area contributed by atoms with Gasteiger partial charge in [0, 0.05) is 25.4 Å². The van der Waals surface area contributed by atoms with Crippen molar-refractivity contribution in [2.75, 3.05) is 37.4 Å². The molecule has 0 amide bonds. The van der Waals surface area contributed by atoms with E-state index in [2.05, 4.69) is 27.3 Å². The summed E-state index contributed by atoms with van der Waals surface area (Å²) in [5.41, 5.74) is 1.01. The van der Waals surface area contributed by atoms with Crippen molar-refractivity contribution in [1.29, 1.82) is 0 Å². The molecule has 3 N–H and O–H groups in total. The van der Waals surface area contributed by atoms with Crippen LogP contribution in [0.4, 0.5) is 5.95 Å². The molecule has 3 rings (SSSR count). The number of likely N-dealkylation sites (tertiary alicyclic amines) is 1. The van der Waals surface area contributed by atoms with Crippen LogP contribution in [0.3, 0.4) is 0 Å². The highest BCUT2D eigenvalue weighted by Gasteiger charge is 2.10. The van der Waals surface area contributed by atoms with Crippen LogP contribution in [-0.4, -0.2) is 40.8 Å². The average molecular weight is 357 g/mol. The minimum Gasteiger partial charge on any atom is -0.494 e. The van der Waals surface area contributed by atoms with Crippen molar-refractivity contribution in [2.45, 2.75) is 32.2 Å². The van der Waals surface area contributed by atoms with E-state index in [1.54, 1.807) is 0 Å². The summed E-state index contributed by atoms with van der Waals surface area (Å²) in [4.78, 5) is 18.0. The molecule has 0 bridgehead atoms. The van der Waals surface area contributed by atoms with Crippen LogP contribution in [0.25, 0.3) is 0 Å². The predicted octanol–water partition coefficient (Wildman–Crippen LogP) is 1.82. The van der Waals surface area contributed by atoms with Gasteiger partial charge in [-0.2, -0.15) is 4.68 Å². The Labute approximate surface area is 153 Å². The quantitative estimate of drug-likeness (QED) is 0.554. The lowest BCUT2D eigenvalue weighted by atomic mass is 10.1. The zero-order valence-corrected chi connectivity index (χ0v) is 15.1. The molecule has 140 valence electrons. The van der Waals surface area contributed by atoms with Crippen LogP contribution in [0.5, 0.6) is 5.75 Å². The van der Waals surface area contributed by atoms with E-state index in [1.165, 1.54) is 50.2 Å². The fourth-order valence-electron chi connectivity index (χ4n) is 3.12. The smallest absolute Gasteiger partial charge is 0.273 e. The number of nitrogens with two attached hydrogens (primary N) is 1. The molecule has 0 atom stereocenters. The standard InChI is InChI=1S/C19H27N5O2/c20-24-18(25)8-10-22-19(24)21-9-5-13-26-17-7-4-6-16(14-17)15-23-11-2-1-3-12-23/h4,6-8,10,14H,1-3,5,9,11-13,15,20H2,(H,21,22). The third kappa shape index (κ3) is 5.23. The first-order chi connectivity index (χ1) is 12.7. The molecule has 1 aliphatic heterocycles. The Morgan fingerprint density at radius 3 is 2.88 bits per heavy atom. The molecule has 0 aliphatic carbocycles. The number of hydrogen-bond acceptors (Lipinski definition) is 6. The number of aromatic nitrogens is 2. The zero-order chi connectivity index (χ0) is 18.2. The number of rotatable bonds is 8. The van der Waals surface area contributed by atoms with Gasteiger partial charge in [-0.25, -0.2) is 4.98 Å². The van der Waals surface area contributed by atoms with Crippen molar-refractivity contribution < 1.29 is 4.74 Å². The number of anilines is 1. The van der Waals surface area contributed by atoms with Gasteiger partial charge in [-0.3, -0.25) is 9.69 Å². The van der Waals surface area contributed by atoms with Gasteiger partial charge in [0.1, 0.15) is 5.75 Å². The zero-order valence-electron chi connectivity index (χ0n) is 15.1. The number of nitrogen functional groups attached to an aromatic ring is 1. The fraction of sp³-hybridized carbons (Fsp3) is 0.474. The molecule has 2 aromatic rings. The summed E-state index contributed by atoms with van der Waals surface area (Å²) >= 11 is 0. The van der Waals surface area contributed by atoms with E-state index in [4.69, 9.17) is 10.6 Å². The van der Waals surface area contributed by atoms with E-state index in [0.29, 0.717) is 19.1 Å². The number of nitrogens with zero attached hydrogens (tertiary/aromatic N) is 3. The third-order valence-electron chi connectivity index (χ3n) is 4.51. The van der Waals surface area contributed by atoms with Crippen molar-refractivity contribution in [3.05, 3.63) is 52.4 Å². The molecule has 0 saturated carbocycles. The first-order valence-corrected chi connectivity index (χ1v) is 9.23. The van der Waals surface area contributed by atoms with E-state index >= 15 is 0 Å². The van der Waals surface area contributed by atoms with E-state index in [1.807, 2.05) is 12.1 Å². The summed E-state index contributed by atoms with van der Waals surface area (Å²) < 4.78 is 6.85. The normalized spacial score (nSPS) is 14.9. The van der Waals surface area contributed by atoms with Crippen molar-refractivity contribution in [3.63, 3.8) is 0 Å². The number of ether oxygens (including phenoxy) is 1. The monoisotopic (exact) mass is 357 g/mol. The van der Waals surface area contributed by atoms with Crippen LogP contribution in [0.2, 0.25) is 0 Å². The second-order valence-corrected chi connectivity index (χ2v) is 6.59. The third-order valence-corrected chi connectivity index (χ3v) is 4.51. The van der Waals surface area contributed by atoms with Gasteiger partial charge in [0.15, 0.2) is 0 Å². The Kier molecular flexibility index (Phi) is 6.49. The molecule has 1 fully saturated rings. The summed E-state index contributed by atoms with van der Waals surface area (Å²) in [6.07, 6.45) is 6.18. The molecule has 0 spiro atoms. The van der Waals surface area contributed by atoms with Gasteiger partial charge in [-0.05, 0) is 50.0 Å². The minimum absolute atomic E-state index is 0.288. The topological polar surface area (TPSA) is 85.4 Å². The summed E-state index contributed by atoms with van der Waals surface area (Å²) in [7, 11) is 0. The Bertz CT molecular complexity index is 756. The van der Waals surface area contributed by atoms with E-state index < -0.39 is 0 Å². The first-order valence-electron chi connectivity index (χ1n) is 9.23. The van der Waals surface area contributed by atoms with Crippen LogP contribution < -0.4 is 21.5 Å². The summed E-state index contributed by atoms with van der Waals surface area (Å²) in [6, 6.07) is 9.64. The van der Waals surface area contributed by atoms with Crippen molar-refractivity contribution in [1.82, 2.24) is 14.6 Å². The Morgan fingerprint density at radius 1 is 1.19 bits per heavy atom. The van der Waals surface area contributed by atoms with E-state index in [9.17, 15) is 4.79 Å². The second kappa shape index (κ2) is 9.24. The van der Waals surface area contributed by atoms with Crippen LogP contribution in [0, 0.1) is 0 Å². The average Bonchev–Trinajstić information content (AvgIpc) is 2.66. The van der Waals surface area contributed by atoms with Gasteiger partial charge in [-0.1, -0.05) is 18.6 Å². The Morgan fingerprint density at radius 2 is 2.04 bits per heavy atom. The van der Waals surface area contributed by atoms with Gasteiger partial charge >= 0.3 is 0 Å². The second-order valence-electron chi connectivity index (χ2n) is 6.59. The SMILES string of the molecule is Nn1c(NCCCOc2cccc(CN3CCCCC3)c2)nccc1=O. The molecule has 1 aromatic heterocycles. The first kappa shape index (κ1) is 18.3. The summed E-state index contributed by atoms with van der Waals surface area (Å²) in [5, 5.41) is 3.05. The van der Waals surface area contributed by atoms with Crippen LogP contribution in [-0.2, 0) is 6.54 Å². The maximum Gasteiger partial charge on any atom is 0.273 e. The number of hydrogen-bond donors (Lipinski definition) is 2. The largest absolute Gasteiger partial charge is 0.494 e. The lowest BCUT2D eigenvalue weighted by Gasteiger charge is -2.26. The Hall–Kier alpha value is -2.54. The highest BCUT2D eigenvalue weighted by atomic mass is 16.5. The van der Waals surface area contributed by atoms with Crippen molar-refractivity contribution >= 4 is 5.95 Å². The molecule has 0 radical (unpaired) electrons. The summed E-state index contributed by atoms with van der Waals surface area (Å²) in [6.45, 7) is 4.59. The molecule has 7 heteroatoms. The number of benzene rings is 1. The Balaban J connectivity index is 1.41. The van der Waals surface area contributed by atoms with Gasteiger partial charge in [0.25, 0.3) is 5.56 Å². The van der Waals surface area contributed by atoms with Crippen molar-refractivity contribution in [2.24, 2.45) is 0 Å². The van der Waals surface area contributed by atoms with Gasteiger partial charge in [0.05, 0.1) is 6.61 Å². The number of nitrogens with one attached hydrogen (secondary N) is 1. The number of piperidine rings is 1. The predicted molar refractivity (Wildman–Crippen MR) is 103 cm³/mol. The maximum absolute atomic E-state index is 11.4. The minimum atomic E-state index is -0.288.